The van der Waals surface area contributed by atoms with Gasteiger partial charge in [-0.15, -0.1) is 0 Å². The van der Waals surface area contributed by atoms with Gasteiger partial charge in [0.05, 0.1) is 0 Å². The van der Waals surface area contributed by atoms with Crippen molar-refractivity contribution in [1.82, 2.24) is 4.90 Å². The monoisotopic (exact) mass is 304 g/mol. The molecule has 3 unspecified atom stereocenters. The first-order valence-corrected chi connectivity index (χ1v) is 8.89. The van der Waals surface area contributed by atoms with Gasteiger partial charge in [0.2, 0.25) is 0 Å². The normalized spacial score (nSPS) is 28.3. The zero-order valence-electron chi connectivity index (χ0n) is 13.7. The third-order valence-corrected chi connectivity index (χ3v) is 5.59. The summed E-state index contributed by atoms with van der Waals surface area (Å²) in [6, 6.07) is 8.02. The Bertz CT molecular complexity index is 486. The number of benzene rings is 1. The van der Waals surface area contributed by atoms with Crippen molar-refractivity contribution in [2.45, 2.75) is 57.5 Å². The Kier molecular flexibility index (Phi) is 5.14. The molecular weight excluding hydrogens is 275 g/mol. The molecule has 1 heterocycles. The van der Waals surface area contributed by atoms with Crippen molar-refractivity contribution in [2.24, 2.45) is 17.6 Å². The van der Waals surface area contributed by atoms with Crippen LogP contribution >= 0.6 is 0 Å². The van der Waals surface area contributed by atoms with Gasteiger partial charge < -0.3 is 5.73 Å². The molecule has 3 atom stereocenters. The highest BCUT2D eigenvalue weighted by Gasteiger charge is 2.35. The second-order valence-corrected chi connectivity index (χ2v) is 7.32. The lowest BCUT2D eigenvalue weighted by molar-refractivity contribution is 0.0466. The molecule has 0 radical (unpaired) electrons. The molecule has 1 saturated heterocycles. The summed E-state index contributed by atoms with van der Waals surface area (Å²) in [5.41, 5.74) is 7.44. The summed E-state index contributed by atoms with van der Waals surface area (Å²) in [7, 11) is 0. The van der Waals surface area contributed by atoms with E-state index in [-0.39, 0.29) is 11.9 Å². The highest BCUT2D eigenvalue weighted by molar-refractivity contribution is 5.17. The van der Waals surface area contributed by atoms with Gasteiger partial charge in [0, 0.05) is 25.2 Å². The molecule has 2 N–H and O–H groups in total. The molecule has 0 bridgehead atoms. The van der Waals surface area contributed by atoms with E-state index in [1.807, 2.05) is 12.1 Å². The van der Waals surface area contributed by atoms with E-state index in [0.717, 1.165) is 37.4 Å². The minimum Gasteiger partial charge on any atom is -0.327 e. The minimum atomic E-state index is -0.129. The largest absolute Gasteiger partial charge is 0.327 e. The Morgan fingerprint density at radius 1 is 1.32 bits per heavy atom. The Morgan fingerprint density at radius 3 is 2.77 bits per heavy atom. The van der Waals surface area contributed by atoms with Crippen LogP contribution in [0.2, 0.25) is 0 Å². The van der Waals surface area contributed by atoms with Gasteiger partial charge in [0.25, 0.3) is 0 Å². The standard InChI is InChI=1S/C19H29FN2/c1-2-19(16-6-4-7-16)22-12-15(11-18(21)13-22)9-14-5-3-8-17(20)10-14/h3,5,8,10,15-16,18-19H,2,4,6-7,9,11-13,21H2,1H3. The fourth-order valence-corrected chi connectivity index (χ4v) is 4.41. The summed E-state index contributed by atoms with van der Waals surface area (Å²) in [4.78, 5) is 2.64. The van der Waals surface area contributed by atoms with E-state index in [9.17, 15) is 4.39 Å². The van der Waals surface area contributed by atoms with Crippen LogP contribution in [0.15, 0.2) is 24.3 Å². The van der Waals surface area contributed by atoms with Crippen molar-refractivity contribution in [2.75, 3.05) is 13.1 Å². The second kappa shape index (κ2) is 7.10. The number of halogens is 1. The number of hydrogen-bond donors (Lipinski definition) is 1. The first-order valence-electron chi connectivity index (χ1n) is 8.89. The van der Waals surface area contributed by atoms with Gasteiger partial charge in [-0.25, -0.2) is 4.39 Å². The Morgan fingerprint density at radius 2 is 2.14 bits per heavy atom. The van der Waals surface area contributed by atoms with Crippen LogP contribution in [0.25, 0.3) is 0 Å². The Hall–Kier alpha value is -0.930. The van der Waals surface area contributed by atoms with Crippen LogP contribution < -0.4 is 5.73 Å². The van der Waals surface area contributed by atoms with E-state index in [1.54, 1.807) is 6.07 Å². The molecule has 1 saturated carbocycles. The minimum absolute atomic E-state index is 0.129. The SMILES string of the molecule is CCC(C1CCC1)N1CC(N)CC(Cc2cccc(F)c2)C1. The molecule has 3 heteroatoms. The number of nitrogens with zero attached hydrogens (tertiary/aromatic N) is 1. The number of likely N-dealkylation sites (tertiary alicyclic amines) is 1. The molecule has 22 heavy (non-hydrogen) atoms. The van der Waals surface area contributed by atoms with Crippen molar-refractivity contribution in [1.29, 1.82) is 0 Å². The van der Waals surface area contributed by atoms with Crippen molar-refractivity contribution in [3.63, 3.8) is 0 Å². The van der Waals surface area contributed by atoms with Crippen molar-refractivity contribution >= 4 is 0 Å². The van der Waals surface area contributed by atoms with Crippen LogP contribution in [0.3, 0.4) is 0 Å². The lowest BCUT2D eigenvalue weighted by atomic mass is 9.76. The molecule has 2 fully saturated rings. The van der Waals surface area contributed by atoms with E-state index in [0.29, 0.717) is 12.0 Å². The molecular formula is C19H29FN2. The maximum absolute atomic E-state index is 13.4. The van der Waals surface area contributed by atoms with Gasteiger partial charge in [-0.05, 0) is 61.6 Å². The van der Waals surface area contributed by atoms with Gasteiger partial charge in [-0.1, -0.05) is 25.5 Å². The molecule has 3 rings (SSSR count). The van der Waals surface area contributed by atoms with Crippen molar-refractivity contribution in [3.8, 4) is 0 Å². The molecule has 0 amide bonds. The van der Waals surface area contributed by atoms with Gasteiger partial charge >= 0.3 is 0 Å². The van der Waals surface area contributed by atoms with E-state index in [4.69, 9.17) is 5.73 Å². The summed E-state index contributed by atoms with van der Waals surface area (Å²) >= 11 is 0. The van der Waals surface area contributed by atoms with Crippen LogP contribution in [0.5, 0.6) is 0 Å². The third-order valence-electron chi connectivity index (χ3n) is 5.59. The summed E-state index contributed by atoms with van der Waals surface area (Å²) in [6.07, 6.45) is 7.41. The fourth-order valence-electron chi connectivity index (χ4n) is 4.41. The Balaban J connectivity index is 1.65. The maximum Gasteiger partial charge on any atom is 0.123 e. The lowest BCUT2D eigenvalue weighted by Gasteiger charge is -2.46. The fraction of sp³-hybridized carbons (Fsp3) is 0.684. The topological polar surface area (TPSA) is 29.3 Å². The molecule has 2 nitrogen and oxygen atoms in total. The van der Waals surface area contributed by atoms with Gasteiger partial charge in [0.15, 0.2) is 0 Å². The van der Waals surface area contributed by atoms with Crippen LogP contribution in [-0.4, -0.2) is 30.1 Å². The summed E-state index contributed by atoms with van der Waals surface area (Å²) in [5.74, 6) is 1.31. The van der Waals surface area contributed by atoms with Crippen LogP contribution in [0, 0.1) is 17.7 Å². The molecule has 1 aromatic rings. The van der Waals surface area contributed by atoms with Crippen molar-refractivity contribution < 1.29 is 4.39 Å². The lowest BCUT2D eigenvalue weighted by Crippen LogP contribution is -2.54. The van der Waals surface area contributed by atoms with Gasteiger partial charge in [-0.3, -0.25) is 4.90 Å². The maximum atomic E-state index is 13.4. The highest BCUT2D eigenvalue weighted by Crippen LogP contribution is 2.35. The number of piperidine rings is 1. The number of rotatable bonds is 5. The second-order valence-electron chi connectivity index (χ2n) is 7.32. The molecule has 0 aromatic heterocycles. The smallest absolute Gasteiger partial charge is 0.123 e. The number of hydrogen-bond acceptors (Lipinski definition) is 2. The van der Waals surface area contributed by atoms with E-state index < -0.39 is 0 Å². The van der Waals surface area contributed by atoms with E-state index >= 15 is 0 Å². The predicted octanol–water partition coefficient (Wildman–Crippen LogP) is 3.60. The molecule has 1 aliphatic carbocycles. The average molecular weight is 304 g/mol. The quantitative estimate of drug-likeness (QED) is 0.900. The third kappa shape index (κ3) is 3.69. The first-order chi connectivity index (χ1) is 10.7. The molecule has 122 valence electrons. The van der Waals surface area contributed by atoms with Crippen LogP contribution in [-0.2, 0) is 6.42 Å². The summed E-state index contributed by atoms with van der Waals surface area (Å²) in [6.45, 7) is 4.47. The average Bonchev–Trinajstić information content (AvgIpc) is 2.41. The molecule has 1 aromatic carbocycles. The summed E-state index contributed by atoms with van der Waals surface area (Å²) in [5, 5.41) is 0. The Labute approximate surface area is 133 Å². The zero-order valence-corrected chi connectivity index (χ0v) is 13.7. The molecule has 1 aliphatic heterocycles. The van der Waals surface area contributed by atoms with Crippen molar-refractivity contribution in [3.05, 3.63) is 35.6 Å². The highest BCUT2D eigenvalue weighted by atomic mass is 19.1. The van der Waals surface area contributed by atoms with E-state index in [1.165, 1.54) is 31.7 Å². The summed E-state index contributed by atoms with van der Waals surface area (Å²) < 4.78 is 13.4. The van der Waals surface area contributed by atoms with Gasteiger partial charge in [-0.2, -0.15) is 0 Å². The van der Waals surface area contributed by atoms with Crippen LogP contribution in [0.4, 0.5) is 4.39 Å². The first kappa shape index (κ1) is 15.9. The number of nitrogens with two attached hydrogens (primary N) is 1. The van der Waals surface area contributed by atoms with E-state index in [2.05, 4.69) is 11.8 Å². The molecule has 0 spiro atoms. The molecule has 2 aliphatic rings. The van der Waals surface area contributed by atoms with Gasteiger partial charge in [0.1, 0.15) is 5.82 Å². The zero-order chi connectivity index (χ0) is 15.5. The van der Waals surface area contributed by atoms with Crippen LogP contribution in [0.1, 0.15) is 44.6 Å². The predicted molar refractivity (Wildman–Crippen MR) is 89.2 cm³/mol.